The molecule has 1 fully saturated rings. The lowest BCUT2D eigenvalue weighted by Crippen LogP contribution is -2.41. The fourth-order valence-corrected chi connectivity index (χ4v) is 2.61. The van der Waals surface area contributed by atoms with Gasteiger partial charge in [-0.1, -0.05) is 0 Å². The summed E-state index contributed by atoms with van der Waals surface area (Å²) in [5.41, 5.74) is 14.4. The zero-order chi connectivity index (χ0) is 13.3. The second-order valence-corrected chi connectivity index (χ2v) is 5.08. The minimum Gasteiger partial charge on any atom is -0.493 e. The van der Waals surface area contributed by atoms with E-state index in [2.05, 4.69) is 6.92 Å². The van der Waals surface area contributed by atoms with Gasteiger partial charge in [-0.2, -0.15) is 0 Å². The van der Waals surface area contributed by atoms with E-state index < -0.39 is 0 Å². The second kappa shape index (κ2) is 5.16. The smallest absolute Gasteiger partial charge is 0.161 e. The molecular formula is C14H22N2O2. The first kappa shape index (κ1) is 13.2. The minimum absolute atomic E-state index is 0.0320. The molecule has 0 aliphatic heterocycles. The molecule has 18 heavy (non-hydrogen) atoms. The van der Waals surface area contributed by atoms with Gasteiger partial charge in [0, 0.05) is 12.1 Å². The topological polar surface area (TPSA) is 70.5 Å². The minimum atomic E-state index is 0.0320. The van der Waals surface area contributed by atoms with Gasteiger partial charge in [0.15, 0.2) is 11.5 Å². The van der Waals surface area contributed by atoms with Crippen molar-refractivity contribution in [3.8, 4) is 11.5 Å². The molecule has 0 radical (unpaired) electrons. The van der Waals surface area contributed by atoms with Gasteiger partial charge in [0.2, 0.25) is 0 Å². The highest BCUT2D eigenvalue weighted by molar-refractivity contribution is 5.48. The van der Waals surface area contributed by atoms with Gasteiger partial charge in [-0.25, -0.2) is 0 Å². The fourth-order valence-electron chi connectivity index (χ4n) is 2.61. The molecule has 1 saturated carbocycles. The lowest BCUT2D eigenvalue weighted by atomic mass is 9.73. The van der Waals surface area contributed by atoms with Crippen LogP contribution in [0.3, 0.4) is 0 Å². The third-order valence-corrected chi connectivity index (χ3v) is 3.85. The largest absolute Gasteiger partial charge is 0.493 e. The van der Waals surface area contributed by atoms with Crippen LogP contribution in [0.5, 0.6) is 11.5 Å². The zero-order valence-corrected chi connectivity index (χ0v) is 11.3. The zero-order valence-electron chi connectivity index (χ0n) is 11.3. The van der Waals surface area contributed by atoms with Crippen LogP contribution in [0.4, 0.5) is 0 Å². The molecule has 0 spiro atoms. The monoisotopic (exact) mass is 250 g/mol. The maximum absolute atomic E-state index is 6.33. The summed E-state index contributed by atoms with van der Waals surface area (Å²) in [6.45, 7) is 2.05. The Labute approximate surface area is 108 Å². The van der Waals surface area contributed by atoms with E-state index in [9.17, 15) is 0 Å². The third kappa shape index (κ3) is 2.31. The van der Waals surface area contributed by atoms with Crippen molar-refractivity contribution < 1.29 is 9.47 Å². The van der Waals surface area contributed by atoms with Crippen LogP contribution in [0.1, 0.15) is 30.0 Å². The van der Waals surface area contributed by atoms with Gasteiger partial charge in [0.1, 0.15) is 0 Å². The second-order valence-electron chi connectivity index (χ2n) is 5.08. The van der Waals surface area contributed by atoms with E-state index in [0.29, 0.717) is 12.0 Å². The van der Waals surface area contributed by atoms with Gasteiger partial charge in [-0.05, 0) is 48.9 Å². The van der Waals surface area contributed by atoms with Crippen molar-refractivity contribution in [1.29, 1.82) is 0 Å². The quantitative estimate of drug-likeness (QED) is 0.854. The van der Waals surface area contributed by atoms with Gasteiger partial charge in [-0.15, -0.1) is 0 Å². The van der Waals surface area contributed by atoms with Crippen LogP contribution < -0.4 is 20.9 Å². The van der Waals surface area contributed by atoms with Gasteiger partial charge in [0.25, 0.3) is 0 Å². The molecule has 1 aromatic carbocycles. The number of hydrogen-bond acceptors (Lipinski definition) is 4. The molecule has 0 amide bonds. The number of hydrogen-bond donors (Lipinski definition) is 2. The number of aryl methyl sites for hydroxylation is 1. The molecule has 0 bridgehead atoms. The van der Waals surface area contributed by atoms with Crippen molar-refractivity contribution in [2.75, 3.05) is 14.2 Å². The number of rotatable bonds is 4. The molecule has 1 aliphatic carbocycles. The Morgan fingerprint density at radius 1 is 1.17 bits per heavy atom. The van der Waals surface area contributed by atoms with Gasteiger partial charge in [-0.3, -0.25) is 0 Å². The molecule has 0 saturated heterocycles. The summed E-state index contributed by atoms with van der Waals surface area (Å²) in [5, 5.41) is 0. The van der Waals surface area contributed by atoms with Crippen LogP contribution in [0.2, 0.25) is 0 Å². The molecule has 4 heteroatoms. The molecular weight excluding hydrogens is 228 g/mol. The molecule has 1 aromatic rings. The number of nitrogens with two attached hydrogens (primary N) is 2. The maximum Gasteiger partial charge on any atom is 0.161 e. The summed E-state index contributed by atoms with van der Waals surface area (Å²) in [6.07, 6.45) is 2.02. The van der Waals surface area contributed by atoms with Gasteiger partial charge in [0.05, 0.1) is 14.2 Å². The highest BCUT2D eigenvalue weighted by Gasteiger charge is 2.32. The van der Waals surface area contributed by atoms with Gasteiger partial charge < -0.3 is 20.9 Å². The first-order chi connectivity index (χ1) is 8.56. The van der Waals surface area contributed by atoms with E-state index in [-0.39, 0.29) is 6.04 Å². The van der Waals surface area contributed by atoms with Crippen LogP contribution in [-0.4, -0.2) is 20.3 Å². The molecule has 1 aliphatic rings. The summed E-state index contributed by atoms with van der Waals surface area (Å²) in [7, 11) is 3.28. The van der Waals surface area contributed by atoms with Crippen molar-refractivity contribution >= 4 is 0 Å². The van der Waals surface area contributed by atoms with Gasteiger partial charge >= 0.3 is 0 Å². The predicted molar refractivity (Wildman–Crippen MR) is 71.9 cm³/mol. The molecule has 1 atom stereocenters. The van der Waals surface area contributed by atoms with E-state index >= 15 is 0 Å². The lowest BCUT2D eigenvalue weighted by molar-refractivity contribution is 0.223. The number of ether oxygens (including phenoxy) is 2. The summed E-state index contributed by atoms with van der Waals surface area (Å²) in [6, 6.07) is 4.32. The predicted octanol–water partition coefficient (Wildman–Crippen LogP) is 1.75. The summed E-state index contributed by atoms with van der Waals surface area (Å²) in [4.78, 5) is 0. The Bertz CT molecular complexity index is 428. The molecule has 0 aromatic heterocycles. The average molecular weight is 250 g/mol. The van der Waals surface area contributed by atoms with E-state index in [0.717, 1.165) is 35.5 Å². The Morgan fingerprint density at radius 3 is 2.22 bits per heavy atom. The number of benzene rings is 1. The standard InChI is InChI=1S/C14H22N2O2/c1-8-4-12(17-2)13(18-3)7-11(8)14(16)9-5-10(15)6-9/h4,7,9-10,14H,5-6,15-16H2,1-3H3. The van der Waals surface area contributed by atoms with Crippen molar-refractivity contribution in [2.24, 2.45) is 17.4 Å². The maximum atomic E-state index is 6.33. The van der Waals surface area contributed by atoms with Crippen molar-refractivity contribution in [2.45, 2.75) is 31.8 Å². The molecule has 100 valence electrons. The van der Waals surface area contributed by atoms with E-state index in [1.165, 1.54) is 0 Å². The first-order valence-electron chi connectivity index (χ1n) is 6.30. The fraction of sp³-hybridized carbons (Fsp3) is 0.571. The Hall–Kier alpha value is -1.26. The molecule has 2 rings (SSSR count). The van der Waals surface area contributed by atoms with Crippen LogP contribution >= 0.6 is 0 Å². The van der Waals surface area contributed by atoms with E-state index in [4.69, 9.17) is 20.9 Å². The molecule has 4 nitrogen and oxygen atoms in total. The normalized spacial score (nSPS) is 24.3. The Morgan fingerprint density at radius 2 is 1.72 bits per heavy atom. The molecule has 1 unspecified atom stereocenters. The summed E-state index contributed by atoms with van der Waals surface area (Å²) in [5.74, 6) is 1.96. The summed E-state index contributed by atoms with van der Waals surface area (Å²) < 4.78 is 10.6. The Kier molecular flexibility index (Phi) is 3.78. The third-order valence-electron chi connectivity index (χ3n) is 3.85. The summed E-state index contributed by atoms with van der Waals surface area (Å²) >= 11 is 0. The SMILES string of the molecule is COc1cc(C)c(C(N)C2CC(N)C2)cc1OC. The molecule has 0 heterocycles. The Balaban J connectivity index is 2.27. The number of methoxy groups -OCH3 is 2. The van der Waals surface area contributed by atoms with Crippen molar-refractivity contribution in [1.82, 2.24) is 0 Å². The highest BCUT2D eigenvalue weighted by atomic mass is 16.5. The van der Waals surface area contributed by atoms with Crippen LogP contribution in [0, 0.1) is 12.8 Å². The van der Waals surface area contributed by atoms with E-state index in [1.54, 1.807) is 14.2 Å². The van der Waals surface area contributed by atoms with Crippen LogP contribution in [-0.2, 0) is 0 Å². The first-order valence-corrected chi connectivity index (χ1v) is 6.30. The van der Waals surface area contributed by atoms with Crippen molar-refractivity contribution in [3.63, 3.8) is 0 Å². The lowest BCUT2D eigenvalue weighted by Gasteiger charge is -2.37. The van der Waals surface area contributed by atoms with E-state index in [1.807, 2.05) is 12.1 Å². The average Bonchev–Trinajstić information content (AvgIpc) is 2.33. The molecule has 4 N–H and O–H groups in total. The van der Waals surface area contributed by atoms with Crippen LogP contribution in [0.15, 0.2) is 12.1 Å². The van der Waals surface area contributed by atoms with Crippen molar-refractivity contribution in [3.05, 3.63) is 23.3 Å². The van der Waals surface area contributed by atoms with Crippen LogP contribution in [0.25, 0.3) is 0 Å². The highest BCUT2D eigenvalue weighted by Crippen LogP contribution is 2.39.